The van der Waals surface area contributed by atoms with Crippen LogP contribution in [0.15, 0.2) is 71.3 Å². The molecule has 7 nitrogen and oxygen atoms in total. The van der Waals surface area contributed by atoms with Gasteiger partial charge in [-0.3, -0.25) is 9.59 Å². The van der Waals surface area contributed by atoms with E-state index in [4.69, 9.17) is 0 Å². The first kappa shape index (κ1) is 26.2. The average molecular weight is 498 g/mol. The van der Waals surface area contributed by atoms with Gasteiger partial charge in [-0.15, -0.1) is 0 Å². The second-order valence-electron chi connectivity index (χ2n) is 8.16. The fourth-order valence-electron chi connectivity index (χ4n) is 4.57. The van der Waals surface area contributed by atoms with Gasteiger partial charge in [0.05, 0.1) is 23.2 Å². The lowest BCUT2D eigenvalue weighted by Gasteiger charge is -2.42. The maximum Gasteiger partial charge on any atom is 0.471 e. The zero-order valence-corrected chi connectivity index (χ0v) is 19.2. The Balaban J connectivity index is 2.29. The average Bonchev–Trinajstić information content (AvgIpc) is 2.83. The van der Waals surface area contributed by atoms with Gasteiger partial charge in [0.15, 0.2) is 0 Å². The smallest absolute Gasteiger partial charge is 0.471 e. The van der Waals surface area contributed by atoms with Gasteiger partial charge in [-0.1, -0.05) is 49.4 Å². The molecule has 2 aromatic carbocycles. The number of carbonyl (C=O) groups excluding carboxylic acids is 1. The van der Waals surface area contributed by atoms with Gasteiger partial charge in [0.1, 0.15) is 5.41 Å². The van der Waals surface area contributed by atoms with Crippen LogP contribution in [0.1, 0.15) is 31.4 Å². The van der Waals surface area contributed by atoms with Crippen molar-refractivity contribution in [3.8, 4) is 17.2 Å². The number of allylic oxidation sites excluding steroid dienone is 2. The Labute approximate surface area is 204 Å². The van der Waals surface area contributed by atoms with Crippen molar-refractivity contribution < 1.29 is 37.8 Å². The largest absolute Gasteiger partial charge is 0.480 e. The van der Waals surface area contributed by atoms with Crippen molar-refractivity contribution in [1.29, 1.82) is 5.26 Å². The number of benzene rings is 2. The van der Waals surface area contributed by atoms with E-state index in [1.165, 1.54) is 31.2 Å². The number of hydrogen-bond acceptors (Lipinski definition) is 4. The molecule has 0 saturated heterocycles. The molecule has 1 aliphatic rings. The van der Waals surface area contributed by atoms with Crippen molar-refractivity contribution in [2.45, 2.75) is 37.9 Å². The molecular formula is C26H21F3N2O5. The Bertz CT molecular complexity index is 1340. The Morgan fingerprint density at radius 3 is 2.19 bits per heavy atom. The molecule has 186 valence electrons. The van der Waals surface area contributed by atoms with Crippen LogP contribution in [0.2, 0.25) is 0 Å². The van der Waals surface area contributed by atoms with Crippen LogP contribution in [-0.4, -0.2) is 40.3 Å². The summed E-state index contributed by atoms with van der Waals surface area (Å²) in [6, 6.07) is 12.3. The van der Waals surface area contributed by atoms with Crippen molar-refractivity contribution in [3.63, 3.8) is 0 Å². The van der Waals surface area contributed by atoms with E-state index >= 15 is 0 Å². The lowest BCUT2D eigenvalue weighted by atomic mass is 9.62. The topological polar surface area (TPSA) is 127 Å². The third kappa shape index (κ3) is 4.35. The molecule has 10 heteroatoms. The van der Waals surface area contributed by atoms with Crippen LogP contribution in [0, 0.1) is 11.3 Å². The number of carboxylic acids is 2. The quantitative estimate of drug-likeness (QED) is 0.544. The van der Waals surface area contributed by atoms with E-state index in [0.717, 1.165) is 6.08 Å². The maximum atomic E-state index is 13.2. The summed E-state index contributed by atoms with van der Waals surface area (Å²) < 4.78 is 39.5. The molecule has 2 aromatic rings. The molecule has 2 unspecified atom stereocenters. The summed E-state index contributed by atoms with van der Waals surface area (Å²) in [4.78, 5) is 36.9. The maximum absolute atomic E-state index is 13.2. The molecule has 36 heavy (non-hydrogen) atoms. The molecule has 2 atom stereocenters. The number of nitriles is 1. The lowest BCUT2D eigenvalue weighted by Crippen LogP contribution is -2.60. The predicted molar refractivity (Wildman–Crippen MR) is 123 cm³/mol. The van der Waals surface area contributed by atoms with E-state index in [9.17, 15) is 43.0 Å². The minimum Gasteiger partial charge on any atom is -0.480 e. The van der Waals surface area contributed by atoms with E-state index in [0.29, 0.717) is 22.3 Å². The number of rotatable bonds is 6. The first-order chi connectivity index (χ1) is 16.9. The van der Waals surface area contributed by atoms with Gasteiger partial charge >= 0.3 is 24.0 Å². The highest BCUT2D eigenvalue weighted by molar-refractivity contribution is 5.98. The molecule has 0 aromatic heterocycles. The number of amides is 1. The molecule has 3 N–H and O–H groups in total. The minimum absolute atomic E-state index is 0.0315. The SMILES string of the molecule is CCC1=C(C)C(C(=O)O)(c2ccc(-c3ccccc3C#N)cc2)C(NC(=O)C(F)(F)F)C(C(=O)O)=C1. The molecule has 0 fully saturated rings. The number of hydrogen-bond donors (Lipinski definition) is 3. The molecule has 0 heterocycles. The molecule has 0 radical (unpaired) electrons. The van der Waals surface area contributed by atoms with Gasteiger partial charge in [-0.05, 0) is 53.3 Å². The van der Waals surface area contributed by atoms with Crippen LogP contribution in [0.4, 0.5) is 13.2 Å². The standard InChI is InChI=1S/C26H21F3N2O5/c1-3-15-12-20(22(32)33)21(31-23(34)26(27,28)29)25(14(15)2,24(35)36)18-10-8-16(9-11-18)19-7-5-4-6-17(19)13-30/h4-12,21H,3H2,1-2H3,(H,31,34)(H,32,33)(H,35,36). The zero-order valence-electron chi connectivity index (χ0n) is 19.2. The highest BCUT2D eigenvalue weighted by Gasteiger charge is 2.56. The monoisotopic (exact) mass is 498 g/mol. The van der Waals surface area contributed by atoms with Gasteiger partial charge in [-0.2, -0.15) is 18.4 Å². The van der Waals surface area contributed by atoms with Crippen LogP contribution < -0.4 is 5.32 Å². The molecule has 0 aliphatic heterocycles. The van der Waals surface area contributed by atoms with E-state index in [1.54, 1.807) is 36.5 Å². The number of aliphatic carboxylic acids is 2. The number of carbonyl (C=O) groups is 3. The van der Waals surface area contributed by atoms with Crippen molar-refractivity contribution in [2.75, 3.05) is 0 Å². The Morgan fingerprint density at radius 2 is 1.69 bits per heavy atom. The molecule has 0 saturated carbocycles. The summed E-state index contributed by atoms with van der Waals surface area (Å²) in [5, 5.41) is 31.2. The number of halogens is 3. The first-order valence-corrected chi connectivity index (χ1v) is 10.8. The van der Waals surface area contributed by atoms with Crippen LogP contribution in [0.5, 0.6) is 0 Å². The van der Waals surface area contributed by atoms with E-state index in [-0.39, 0.29) is 17.6 Å². The molecule has 0 spiro atoms. The number of alkyl halides is 3. The second kappa shape index (κ2) is 9.70. The minimum atomic E-state index is -5.37. The summed E-state index contributed by atoms with van der Waals surface area (Å²) in [7, 11) is 0. The summed E-state index contributed by atoms with van der Waals surface area (Å²) >= 11 is 0. The van der Waals surface area contributed by atoms with E-state index in [2.05, 4.69) is 6.07 Å². The number of carboxylic acid groups (broad SMARTS) is 2. The van der Waals surface area contributed by atoms with Gasteiger partial charge < -0.3 is 15.5 Å². The van der Waals surface area contributed by atoms with E-state index < -0.39 is 41.1 Å². The van der Waals surface area contributed by atoms with Gasteiger partial charge in [0.2, 0.25) is 0 Å². The fraction of sp³-hybridized carbons (Fsp3) is 0.231. The van der Waals surface area contributed by atoms with Crippen molar-refractivity contribution >= 4 is 17.8 Å². The third-order valence-electron chi connectivity index (χ3n) is 6.34. The fourth-order valence-corrected chi connectivity index (χ4v) is 4.57. The van der Waals surface area contributed by atoms with Crippen LogP contribution in [0.25, 0.3) is 11.1 Å². The van der Waals surface area contributed by atoms with Crippen LogP contribution in [0.3, 0.4) is 0 Å². The van der Waals surface area contributed by atoms with Crippen LogP contribution >= 0.6 is 0 Å². The van der Waals surface area contributed by atoms with Crippen LogP contribution in [-0.2, 0) is 19.8 Å². The van der Waals surface area contributed by atoms with E-state index in [1.807, 2.05) is 0 Å². The summed E-state index contributed by atoms with van der Waals surface area (Å²) in [6.07, 6.45) is -4.07. The first-order valence-electron chi connectivity index (χ1n) is 10.8. The van der Waals surface area contributed by atoms with Crippen molar-refractivity contribution in [1.82, 2.24) is 5.32 Å². The number of nitrogens with zero attached hydrogens (tertiary/aromatic N) is 1. The third-order valence-corrected chi connectivity index (χ3v) is 6.34. The molecular weight excluding hydrogens is 477 g/mol. The second-order valence-corrected chi connectivity index (χ2v) is 8.16. The van der Waals surface area contributed by atoms with Crippen molar-refractivity contribution in [3.05, 3.63) is 82.5 Å². The number of nitrogens with one attached hydrogen (secondary N) is 1. The Kier molecular flexibility index (Phi) is 7.06. The summed E-state index contributed by atoms with van der Waals surface area (Å²) in [5.41, 5.74) is -1.21. The predicted octanol–water partition coefficient (Wildman–Crippen LogP) is 4.35. The molecule has 3 rings (SSSR count). The highest BCUT2D eigenvalue weighted by Crippen LogP contribution is 2.45. The lowest BCUT2D eigenvalue weighted by molar-refractivity contribution is -0.175. The summed E-state index contributed by atoms with van der Waals surface area (Å²) in [5.74, 6) is -5.75. The molecule has 1 aliphatic carbocycles. The molecule has 1 amide bonds. The highest BCUT2D eigenvalue weighted by atomic mass is 19.4. The zero-order chi connectivity index (χ0) is 26.8. The van der Waals surface area contributed by atoms with Gasteiger partial charge in [-0.25, -0.2) is 4.79 Å². The summed E-state index contributed by atoms with van der Waals surface area (Å²) in [6.45, 7) is 3.05. The van der Waals surface area contributed by atoms with Crippen molar-refractivity contribution in [2.24, 2.45) is 0 Å². The van der Waals surface area contributed by atoms with Gasteiger partial charge in [0, 0.05) is 0 Å². The normalized spacial score (nSPS) is 19.8. The Morgan fingerprint density at radius 1 is 1.08 bits per heavy atom. The van der Waals surface area contributed by atoms with Gasteiger partial charge in [0.25, 0.3) is 0 Å². The Hall–Kier alpha value is -4.39. The molecule has 0 bridgehead atoms.